The summed E-state index contributed by atoms with van der Waals surface area (Å²) >= 11 is 0.280. The molecule has 0 spiro atoms. The van der Waals surface area contributed by atoms with E-state index < -0.39 is 0 Å². The number of benzene rings is 3. The molecule has 0 heterocycles. The van der Waals surface area contributed by atoms with Gasteiger partial charge >= 0.3 is 191 Å². The van der Waals surface area contributed by atoms with E-state index in [0.29, 0.717) is 0 Å². The first kappa shape index (κ1) is 21.6. The Kier molecular flexibility index (Phi) is 6.52. The third kappa shape index (κ3) is 4.42. The van der Waals surface area contributed by atoms with Gasteiger partial charge in [-0.1, -0.05) is 0 Å². The summed E-state index contributed by atoms with van der Waals surface area (Å²) in [5.41, 5.74) is 7.85. The average Bonchev–Trinajstić information content (AvgIpc) is 2.73. The predicted molar refractivity (Wildman–Crippen MR) is 131 cm³/mol. The fraction of sp³-hybridized carbons (Fsp3) is 0.280. The van der Waals surface area contributed by atoms with Crippen LogP contribution < -0.4 is 14.7 Å². The van der Waals surface area contributed by atoms with Gasteiger partial charge in [-0.25, -0.2) is 0 Å². The van der Waals surface area contributed by atoms with Crippen molar-refractivity contribution in [2.24, 2.45) is 0 Å². The third-order valence-electron chi connectivity index (χ3n) is 5.88. The maximum atomic E-state index is 2.31. The van der Waals surface area contributed by atoms with Gasteiger partial charge in [0.05, 0.1) is 0 Å². The summed E-state index contributed by atoms with van der Waals surface area (Å²) < 4.78 is -0.0256. The van der Waals surface area contributed by atoms with Gasteiger partial charge in [0.2, 0.25) is 0 Å². The van der Waals surface area contributed by atoms with Crippen molar-refractivity contribution in [3.63, 3.8) is 0 Å². The molecule has 150 valence electrons. The minimum atomic E-state index is -0.0256. The number of hydrogen-bond donors (Lipinski definition) is 0. The van der Waals surface area contributed by atoms with E-state index in [9.17, 15) is 0 Å². The Morgan fingerprint density at radius 1 is 0.448 bits per heavy atom. The summed E-state index contributed by atoms with van der Waals surface area (Å²) in [6.45, 7) is 0. The molecule has 0 radical (unpaired) electrons. The van der Waals surface area contributed by atoms with Crippen molar-refractivity contribution >= 4 is 41.4 Å². The van der Waals surface area contributed by atoms with E-state index in [1.807, 2.05) is 0 Å². The van der Waals surface area contributed by atoms with Crippen LogP contribution >= 0.6 is 0 Å². The zero-order chi connectivity index (χ0) is 21.2. The minimum absolute atomic E-state index is 0.0256. The Morgan fingerprint density at radius 2 is 0.655 bits per heavy atom. The summed E-state index contributed by atoms with van der Waals surface area (Å²) in [5, 5.41) is 0. The number of hydrogen-bond acceptors (Lipinski definition) is 3. The molecule has 0 unspecified atom stereocenters. The van der Waals surface area contributed by atoms with Crippen LogP contribution in [0.2, 0.25) is 0 Å². The van der Waals surface area contributed by atoms with Crippen molar-refractivity contribution in [3.8, 4) is 0 Å². The molecule has 3 rings (SSSR count). The van der Waals surface area contributed by atoms with Gasteiger partial charge in [-0.2, -0.15) is 0 Å². The molecule has 0 fully saturated rings. The summed E-state index contributed by atoms with van der Waals surface area (Å²) in [4.78, 5) is 6.46. The van der Waals surface area contributed by atoms with Gasteiger partial charge in [0, 0.05) is 0 Å². The van der Waals surface area contributed by atoms with Crippen LogP contribution in [0.1, 0.15) is 16.7 Å². The molecule has 0 amide bonds. The van der Waals surface area contributed by atoms with Crippen molar-refractivity contribution in [2.75, 3.05) is 57.0 Å². The Balaban J connectivity index is 2.14. The molecule has 0 aliphatic heterocycles. The van der Waals surface area contributed by atoms with Gasteiger partial charge in [0.25, 0.3) is 0 Å². The molecule has 4 heteroatoms. The molecule has 0 aromatic heterocycles. The van der Waals surface area contributed by atoms with Crippen molar-refractivity contribution in [1.29, 1.82) is 0 Å². The Labute approximate surface area is 190 Å². The van der Waals surface area contributed by atoms with Crippen LogP contribution in [0.15, 0.2) is 72.8 Å². The van der Waals surface area contributed by atoms with Crippen LogP contribution in [0.5, 0.6) is 0 Å². The second-order valence-corrected chi connectivity index (χ2v) is 12.7. The topological polar surface area (TPSA) is 9.72 Å². The van der Waals surface area contributed by atoms with E-state index in [-0.39, 0.29) is 27.5 Å². The molecule has 0 N–H and O–H groups in total. The SMILES string of the molecule is CN(C)c1ccc([C]([InH2])(c2ccc(N(C)C)cc2)c2ccc(N(C)C)cc2)cc1. The van der Waals surface area contributed by atoms with Gasteiger partial charge < -0.3 is 0 Å². The summed E-state index contributed by atoms with van der Waals surface area (Å²) in [6, 6.07) is 27.3. The monoisotopic (exact) mass is 489 g/mol. The summed E-state index contributed by atoms with van der Waals surface area (Å²) in [7, 11) is 12.5. The molecule has 0 bridgehead atoms. The first-order valence-electron chi connectivity index (χ1n) is 10.1. The van der Waals surface area contributed by atoms with Crippen molar-refractivity contribution in [3.05, 3.63) is 89.5 Å². The van der Waals surface area contributed by atoms with Crippen LogP contribution in [-0.2, 0) is 3.17 Å². The molecule has 29 heavy (non-hydrogen) atoms. The molecular weight excluding hydrogens is 457 g/mol. The van der Waals surface area contributed by atoms with Crippen molar-refractivity contribution in [1.82, 2.24) is 0 Å². The van der Waals surface area contributed by atoms with Gasteiger partial charge in [0.1, 0.15) is 0 Å². The van der Waals surface area contributed by atoms with E-state index in [1.165, 1.54) is 33.8 Å². The van der Waals surface area contributed by atoms with Crippen LogP contribution in [0.3, 0.4) is 0 Å². The third-order valence-corrected chi connectivity index (χ3v) is 10.8. The predicted octanol–water partition coefficient (Wildman–Crippen LogP) is 3.81. The van der Waals surface area contributed by atoms with Crippen LogP contribution in [0.25, 0.3) is 0 Å². The number of anilines is 3. The number of nitrogens with zero attached hydrogens (tertiary/aromatic N) is 3. The molecule has 3 aromatic rings. The molecule has 0 aliphatic rings. The van der Waals surface area contributed by atoms with Crippen LogP contribution in [0, 0.1) is 0 Å². The van der Waals surface area contributed by atoms with Gasteiger partial charge in [-0.05, 0) is 0 Å². The normalized spacial score (nSPS) is 11.2. The van der Waals surface area contributed by atoms with Gasteiger partial charge in [-0.15, -0.1) is 0 Å². The molecule has 0 saturated heterocycles. The fourth-order valence-corrected chi connectivity index (χ4v) is 6.63. The Bertz CT molecular complexity index is 802. The van der Waals surface area contributed by atoms with Gasteiger partial charge in [-0.3, -0.25) is 0 Å². The first-order valence-corrected chi connectivity index (χ1v) is 12.9. The maximum absolute atomic E-state index is 2.31. The van der Waals surface area contributed by atoms with E-state index in [2.05, 4.69) is 130 Å². The van der Waals surface area contributed by atoms with E-state index in [4.69, 9.17) is 0 Å². The van der Waals surface area contributed by atoms with E-state index in [1.54, 1.807) is 0 Å². The molecule has 3 aromatic carbocycles. The zero-order valence-electron chi connectivity index (χ0n) is 18.8. The Morgan fingerprint density at radius 3 is 0.828 bits per heavy atom. The fourth-order valence-electron chi connectivity index (χ4n) is 3.78. The number of rotatable bonds is 6. The van der Waals surface area contributed by atoms with E-state index >= 15 is 0 Å². The van der Waals surface area contributed by atoms with Crippen LogP contribution in [-0.4, -0.2) is 66.7 Å². The Hall–Kier alpha value is -2.07. The molecule has 0 saturated carbocycles. The second kappa shape index (κ2) is 8.74. The summed E-state index contributed by atoms with van der Waals surface area (Å²) in [5.74, 6) is 0. The average molecular weight is 489 g/mol. The molecule has 0 atom stereocenters. The molecular formula is C25H32InN3. The second-order valence-electron chi connectivity index (χ2n) is 8.45. The van der Waals surface area contributed by atoms with Crippen molar-refractivity contribution < 1.29 is 0 Å². The van der Waals surface area contributed by atoms with Gasteiger partial charge in [0.15, 0.2) is 0 Å². The molecule has 3 nitrogen and oxygen atoms in total. The standard InChI is InChI=1S/C25H30N3.In.2H/c1-26(2)22-13-7-19(8-14-22)25(20-9-15-23(16-10-20)27(3)4)21-11-17-24(18-12-21)28(5)6;;;/h7-18H,1-6H3;;;. The zero-order valence-corrected chi connectivity index (χ0v) is 24.5. The van der Waals surface area contributed by atoms with Crippen LogP contribution in [0.4, 0.5) is 17.1 Å². The summed E-state index contributed by atoms with van der Waals surface area (Å²) in [6.07, 6.45) is 0. The first-order chi connectivity index (χ1) is 13.7. The van der Waals surface area contributed by atoms with Crippen molar-refractivity contribution in [2.45, 2.75) is 3.17 Å². The molecule has 0 aliphatic carbocycles. The quantitative estimate of drug-likeness (QED) is 0.488. The van der Waals surface area contributed by atoms with E-state index in [0.717, 1.165) is 0 Å².